The van der Waals surface area contributed by atoms with Gasteiger partial charge in [0, 0.05) is 0 Å². The van der Waals surface area contributed by atoms with E-state index in [9.17, 15) is 0 Å². The summed E-state index contributed by atoms with van der Waals surface area (Å²) in [4.78, 5) is 2.70. The van der Waals surface area contributed by atoms with Crippen molar-refractivity contribution in [3.05, 3.63) is 0 Å². The Bertz CT molecular complexity index is 23.6. The molecule has 32 valence electrons. The molecule has 0 aliphatic heterocycles. The maximum Gasteiger partial charge on any atom is 0.306 e. The van der Waals surface area contributed by atoms with Gasteiger partial charge in [0.2, 0.25) is 0 Å². The second-order valence-electron chi connectivity index (χ2n) is 0.589. The summed E-state index contributed by atoms with van der Waals surface area (Å²) >= 11 is 10.5. The first kappa shape index (κ1) is 5.76. The van der Waals surface area contributed by atoms with E-state index in [-0.39, 0.29) is 0 Å². The van der Waals surface area contributed by atoms with E-state index in [1.165, 1.54) is 0 Å². The molecule has 0 heterocycles. The largest absolute Gasteiger partial charge is 0.319 e. The molecule has 0 bridgehead atoms. The molecule has 0 spiro atoms. The van der Waals surface area contributed by atoms with Gasteiger partial charge in [-0.3, -0.25) is 0 Å². The lowest BCUT2D eigenvalue weighted by Crippen LogP contribution is -2.15. The molecule has 0 saturated heterocycles. The average molecular weight is 130 g/mol. The molecule has 0 aliphatic rings. The molecule has 0 fully saturated rings. The molecule has 0 saturated carbocycles. The number of nitrogens with one attached hydrogen (secondary N) is 1. The second-order valence-corrected chi connectivity index (χ2v) is 5.06. The molecule has 0 rings (SSSR count). The van der Waals surface area contributed by atoms with Gasteiger partial charge in [-0.05, 0) is 7.05 Å². The van der Waals surface area contributed by atoms with Crippen LogP contribution in [0, 0.1) is 0 Å². The average Bonchev–Trinajstić information content (AvgIpc) is 1.38. The molecule has 0 radical (unpaired) electrons. The third-order valence-corrected chi connectivity index (χ3v) is 1.96. The molecule has 0 aromatic rings. The fourth-order valence-corrected chi connectivity index (χ4v) is 0. The Labute approximate surface area is 42.4 Å². The lowest BCUT2D eigenvalue weighted by atomic mass is 11.6. The quantitative estimate of drug-likeness (QED) is 0.400. The van der Waals surface area contributed by atoms with E-state index in [4.69, 9.17) is 22.2 Å². The smallest absolute Gasteiger partial charge is 0.306 e. The van der Waals surface area contributed by atoms with E-state index in [0.29, 0.717) is 0 Å². The number of halogens is 2. The van der Waals surface area contributed by atoms with Gasteiger partial charge >= 0.3 is 7.58 Å². The fraction of sp³-hybridized carbons (Fsp3) is 1.00. The van der Waals surface area contributed by atoms with Gasteiger partial charge in [-0.25, -0.2) is 0 Å². The minimum absolute atomic E-state index is 1.46. The van der Waals surface area contributed by atoms with Gasteiger partial charge in [0.15, 0.2) is 0 Å². The molecule has 0 unspecified atom stereocenters. The molecule has 1 nitrogen and oxygen atoms in total. The molecule has 0 aliphatic carbocycles. The third kappa shape index (κ3) is 4.76. The van der Waals surface area contributed by atoms with E-state index in [1.54, 1.807) is 7.05 Å². The van der Waals surface area contributed by atoms with Crippen molar-refractivity contribution < 1.29 is 0 Å². The second kappa shape index (κ2) is 2.97. The summed E-state index contributed by atoms with van der Waals surface area (Å²) in [5.41, 5.74) is 0. The van der Waals surface area contributed by atoms with Gasteiger partial charge in [0.1, 0.15) is 0 Å². The summed E-state index contributed by atoms with van der Waals surface area (Å²) in [5, 5.41) is 0. The lowest BCUT2D eigenvalue weighted by molar-refractivity contribution is 1.26. The number of hydrogen-bond donors (Lipinski definition) is 1. The molecule has 0 amide bonds. The highest BCUT2D eigenvalue weighted by Gasteiger charge is 1.89. The number of rotatable bonds is 1. The molecule has 0 aromatic carbocycles. The number of hydrogen-bond acceptors (Lipinski definition) is 1. The summed E-state index contributed by atoms with van der Waals surface area (Å²) in [6.45, 7) is 0. The van der Waals surface area contributed by atoms with E-state index in [1.807, 2.05) is 0 Å². The zero-order valence-electron chi connectivity index (χ0n) is 2.83. The summed E-state index contributed by atoms with van der Waals surface area (Å²) in [6.07, 6.45) is 0. The summed E-state index contributed by atoms with van der Waals surface area (Å²) in [7, 11) is 0.292. The molecule has 0 aromatic heterocycles. The van der Waals surface area contributed by atoms with E-state index < -0.39 is 7.58 Å². The van der Waals surface area contributed by atoms with Crippen molar-refractivity contribution >= 4 is 29.7 Å². The first-order valence-electron chi connectivity index (χ1n) is 1.23. The summed E-state index contributed by atoms with van der Waals surface area (Å²) in [5.74, 6) is 0. The minimum atomic E-state index is -1.46. The van der Waals surface area contributed by atoms with Gasteiger partial charge < -0.3 is 4.98 Å². The van der Waals surface area contributed by atoms with Crippen LogP contribution in [0.2, 0.25) is 0 Å². The Hall–Kier alpha value is 0.757. The van der Waals surface area contributed by atoms with Crippen molar-refractivity contribution in [3.63, 3.8) is 0 Å². The van der Waals surface area contributed by atoms with Crippen molar-refractivity contribution in [1.82, 2.24) is 4.98 Å². The maximum atomic E-state index is 5.26. The van der Waals surface area contributed by atoms with Crippen molar-refractivity contribution in [3.8, 4) is 0 Å². The Kier molecular flexibility index (Phi) is 3.42. The van der Waals surface area contributed by atoms with Crippen LogP contribution in [0.5, 0.6) is 0 Å². The first-order chi connectivity index (χ1) is 2.27. The monoisotopic (exact) mass is 129 g/mol. The standard InChI is InChI=1S/CH5Cl2NSi/c1-4-5(2)3/h4-5H,1H3. The van der Waals surface area contributed by atoms with Gasteiger partial charge in [-0.15, -0.1) is 22.2 Å². The predicted octanol–water partition coefficient (Wildman–Crippen LogP) is 0.401. The lowest BCUT2D eigenvalue weighted by Gasteiger charge is -1.86. The molecular formula is CH5Cl2NSi. The fourth-order valence-electron chi connectivity index (χ4n) is 0. The third-order valence-electron chi connectivity index (χ3n) is 0.218. The van der Waals surface area contributed by atoms with Crippen LogP contribution < -0.4 is 4.98 Å². The van der Waals surface area contributed by atoms with Crippen molar-refractivity contribution in [1.29, 1.82) is 0 Å². The van der Waals surface area contributed by atoms with Crippen molar-refractivity contribution in [2.24, 2.45) is 0 Å². The molecular weight excluding hydrogens is 125 g/mol. The van der Waals surface area contributed by atoms with Crippen LogP contribution in [0.3, 0.4) is 0 Å². The van der Waals surface area contributed by atoms with Crippen LogP contribution in [-0.2, 0) is 0 Å². The maximum absolute atomic E-state index is 5.26. The molecule has 4 heteroatoms. The van der Waals surface area contributed by atoms with Crippen molar-refractivity contribution in [2.45, 2.75) is 0 Å². The van der Waals surface area contributed by atoms with Crippen LogP contribution in [0.25, 0.3) is 0 Å². The highest BCUT2D eigenvalue weighted by Crippen LogP contribution is 1.84. The van der Waals surface area contributed by atoms with Crippen LogP contribution in [0.4, 0.5) is 0 Å². The Balaban J connectivity index is 2.54. The van der Waals surface area contributed by atoms with Crippen LogP contribution in [0.1, 0.15) is 0 Å². The van der Waals surface area contributed by atoms with Gasteiger partial charge in [0.05, 0.1) is 0 Å². The van der Waals surface area contributed by atoms with Crippen LogP contribution in [0.15, 0.2) is 0 Å². The molecule has 1 N–H and O–H groups in total. The zero-order chi connectivity index (χ0) is 4.28. The van der Waals surface area contributed by atoms with Crippen LogP contribution >= 0.6 is 22.2 Å². The van der Waals surface area contributed by atoms with E-state index in [0.717, 1.165) is 0 Å². The highest BCUT2D eigenvalue weighted by molar-refractivity contribution is 7.32. The van der Waals surface area contributed by atoms with Gasteiger partial charge in [-0.2, -0.15) is 0 Å². The first-order valence-corrected chi connectivity index (χ1v) is 5.29. The zero-order valence-corrected chi connectivity index (χ0v) is 5.50. The SMILES string of the molecule is CN[SiH](Cl)Cl. The molecule has 0 atom stereocenters. The Morgan fingerprint density at radius 3 is 1.80 bits per heavy atom. The van der Waals surface area contributed by atoms with Gasteiger partial charge in [0.25, 0.3) is 0 Å². The minimum Gasteiger partial charge on any atom is -0.319 e. The predicted molar refractivity (Wildman–Crippen MR) is 27.9 cm³/mol. The topological polar surface area (TPSA) is 12.0 Å². The summed E-state index contributed by atoms with van der Waals surface area (Å²) < 4.78 is 0. The van der Waals surface area contributed by atoms with E-state index >= 15 is 0 Å². The Morgan fingerprint density at radius 2 is 1.80 bits per heavy atom. The Morgan fingerprint density at radius 1 is 1.60 bits per heavy atom. The highest BCUT2D eigenvalue weighted by atomic mass is 35.7. The van der Waals surface area contributed by atoms with Crippen molar-refractivity contribution in [2.75, 3.05) is 7.05 Å². The summed E-state index contributed by atoms with van der Waals surface area (Å²) in [6, 6.07) is 0. The molecule has 5 heavy (non-hydrogen) atoms. The normalized spacial score (nSPS) is 9.60. The van der Waals surface area contributed by atoms with Crippen LogP contribution in [-0.4, -0.2) is 14.6 Å². The van der Waals surface area contributed by atoms with Gasteiger partial charge in [-0.1, -0.05) is 0 Å². The van der Waals surface area contributed by atoms with E-state index in [2.05, 4.69) is 4.98 Å².